The zero-order chi connectivity index (χ0) is 23.8. The highest BCUT2D eigenvalue weighted by Crippen LogP contribution is 2.31. The highest BCUT2D eigenvalue weighted by atomic mass is 19.4. The number of rotatable bonds is 5. The Morgan fingerprint density at radius 1 is 1.06 bits per heavy atom. The van der Waals surface area contributed by atoms with Crippen LogP contribution in [-0.4, -0.2) is 39.5 Å². The number of fused-ring (bicyclic) bond motifs is 1. The Hall–Kier alpha value is -4.02. The van der Waals surface area contributed by atoms with Crippen molar-refractivity contribution in [3.63, 3.8) is 0 Å². The van der Waals surface area contributed by atoms with Crippen LogP contribution in [0.1, 0.15) is 21.6 Å². The van der Waals surface area contributed by atoms with Crippen LogP contribution in [-0.2, 0) is 12.7 Å². The summed E-state index contributed by atoms with van der Waals surface area (Å²) in [6.07, 6.45) is -1.04. The number of carbonyl (C=O) groups excluding carboxylic acids is 1. The zero-order valence-electron chi connectivity index (χ0n) is 17.6. The summed E-state index contributed by atoms with van der Waals surface area (Å²) < 4.78 is 54.6. The van der Waals surface area contributed by atoms with Crippen LogP contribution in [0.3, 0.4) is 0 Å². The Kier molecular flexibility index (Phi) is 5.71. The van der Waals surface area contributed by atoms with Crippen molar-refractivity contribution in [3.05, 3.63) is 77.6 Å². The van der Waals surface area contributed by atoms with Gasteiger partial charge in [-0.25, -0.2) is 19.3 Å². The molecule has 0 unspecified atom stereocenters. The molecule has 4 rings (SSSR count). The van der Waals surface area contributed by atoms with Gasteiger partial charge in [0.15, 0.2) is 0 Å². The molecular formula is C22H18F4N6O. The number of halogens is 4. The monoisotopic (exact) mass is 458 g/mol. The van der Waals surface area contributed by atoms with Crippen molar-refractivity contribution in [2.75, 3.05) is 24.3 Å². The Bertz CT molecular complexity index is 1310. The molecule has 4 aromatic rings. The molecule has 0 radical (unpaired) electrons. The quantitative estimate of drug-likeness (QED) is 0.450. The lowest BCUT2D eigenvalue weighted by molar-refractivity contribution is -0.137. The van der Waals surface area contributed by atoms with E-state index in [2.05, 4.69) is 20.3 Å². The van der Waals surface area contributed by atoms with E-state index in [-0.39, 0.29) is 23.3 Å². The summed E-state index contributed by atoms with van der Waals surface area (Å²) in [5.41, 5.74) is 0.103. The summed E-state index contributed by atoms with van der Waals surface area (Å²) in [6.45, 7) is 0.0262. The fraction of sp³-hybridized carbons (Fsp3) is 0.182. The van der Waals surface area contributed by atoms with E-state index in [4.69, 9.17) is 0 Å². The number of anilines is 2. The van der Waals surface area contributed by atoms with E-state index in [9.17, 15) is 22.4 Å². The number of aromatic nitrogens is 4. The number of alkyl halides is 3. The molecule has 11 heteroatoms. The van der Waals surface area contributed by atoms with Crippen molar-refractivity contribution >= 4 is 28.6 Å². The third-order valence-corrected chi connectivity index (χ3v) is 4.82. The SMILES string of the molecule is CN(C)c1ncc(NC(=O)c2cc3cc(C(F)(F)F)cnc3n2Cc2cccc(F)c2)cn1. The topological polar surface area (TPSA) is 75.9 Å². The van der Waals surface area contributed by atoms with Crippen molar-refractivity contribution < 1.29 is 22.4 Å². The third-order valence-electron chi connectivity index (χ3n) is 4.82. The van der Waals surface area contributed by atoms with Gasteiger partial charge < -0.3 is 14.8 Å². The zero-order valence-corrected chi connectivity index (χ0v) is 17.6. The molecule has 1 amide bonds. The smallest absolute Gasteiger partial charge is 0.347 e. The minimum Gasteiger partial charge on any atom is -0.347 e. The maximum Gasteiger partial charge on any atom is 0.417 e. The van der Waals surface area contributed by atoms with Crippen LogP contribution >= 0.6 is 0 Å². The Morgan fingerprint density at radius 3 is 2.42 bits per heavy atom. The number of nitrogens with one attached hydrogen (secondary N) is 1. The molecule has 0 bridgehead atoms. The van der Waals surface area contributed by atoms with Crippen LogP contribution in [0.5, 0.6) is 0 Å². The molecule has 0 aliphatic carbocycles. The molecule has 0 spiro atoms. The van der Waals surface area contributed by atoms with E-state index < -0.39 is 23.5 Å². The molecule has 0 fully saturated rings. The molecule has 33 heavy (non-hydrogen) atoms. The molecule has 0 saturated heterocycles. The number of nitrogens with zero attached hydrogens (tertiary/aromatic N) is 5. The third kappa shape index (κ3) is 4.76. The van der Waals surface area contributed by atoms with Crippen molar-refractivity contribution in [1.29, 1.82) is 0 Å². The number of benzene rings is 1. The first kappa shape index (κ1) is 22.2. The molecule has 0 atom stereocenters. The van der Waals surface area contributed by atoms with Crippen LogP contribution in [0.25, 0.3) is 11.0 Å². The second kappa shape index (κ2) is 8.49. The number of pyridine rings is 1. The van der Waals surface area contributed by atoms with E-state index in [1.807, 2.05) is 0 Å². The minimum atomic E-state index is -4.58. The number of hydrogen-bond acceptors (Lipinski definition) is 5. The highest BCUT2D eigenvalue weighted by molar-refractivity contribution is 6.06. The molecule has 0 aliphatic heterocycles. The average molecular weight is 458 g/mol. The van der Waals surface area contributed by atoms with E-state index in [0.29, 0.717) is 23.4 Å². The second-order valence-electron chi connectivity index (χ2n) is 7.50. The van der Waals surface area contributed by atoms with Crippen LogP contribution < -0.4 is 10.2 Å². The van der Waals surface area contributed by atoms with Crippen molar-refractivity contribution in [3.8, 4) is 0 Å². The van der Waals surface area contributed by atoms with Crippen LogP contribution in [0.15, 0.2) is 55.0 Å². The Balaban J connectivity index is 1.75. The minimum absolute atomic E-state index is 0.0262. The lowest BCUT2D eigenvalue weighted by Gasteiger charge is -2.12. The summed E-state index contributed by atoms with van der Waals surface area (Å²) in [5, 5.41) is 2.77. The van der Waals surface area contributed by atoms with Crippen LogP contribution in [0, 0.1) is 5.82 Å². The number of hydrogen-bond donors (Lipinski definition) is 1. The first-order chi connectivity index (χ1) is 15.6. The summed E-state index contributed by atoms with van der Waals surface area (Å²) in [5.74, 6) is -0.628. The lowest BCUT2D eigenvalue weighted by atomic mass is 10.2. The molecule has 1 aromatic carbocycles. The van der Waals surface area contributed by atoms with Gasteiger partial charge in [-0.1, -0.05) is 12.1 Å². The van der Waals surface area contributed by atoms with Gasteiger partial charge in [0.2, 0.25) is 5.95 Å². The van der Waals surface area contributed by atoms with Gasteiger partial charge in [-0.15, -0.1) is 0 Å². The van der Waals surface area contributed by atoms with Gasteiger partial charge in [0.25, 0.3) is 5.91 Å². The number of amides is 1. The maximum absolute atomic E-state index is 13.7. The molecule has 1 N–H and O–H groups in total. The lowest BCUT2D eigenvalue weighted by Crippen LogP contribution is -2.19. The maximum atomic E-state index is 13.7. The van der Waals surface area contributed by atoms with Gasteiger partial charge in [0.05, 0.1) is 23.6 Å². The van der Waals surface area contributed by atoms with Gasteiger partial charge >= 0.3 is 6.18 Å². The summed E-state index contributed by atoms with van der Waals surface area (Å²) in [7, 11) is 3.53. The van der Waals surface area contributed by atoms with Gasteiger partial charge in [0, 0.05) is 32.2 Å². The van der Waals surface area contributed by atoms with Gasteiger partial charge in [-0.2, -0.15) is 13.2 Å². The normalized spacial score (nSPS) is 11.6. The molecule has 3 heterocycles. The fourth-order valence-corrected chi connectivity index (χ4v) is 3.28. The summed E-state index contributed by atoms with van der Waals surface area (Å²) >= 11 is 0. The van der Waals surface area contributed by atoms with E-state index in [1.54, 1.807) is 25.1 Å². The van der Waals surface area contributed by atoms with E-state index >= 15 is 0 Å². The van der Waals surface area contributed by atoms with E-state index in [0.717, 1.165) is 6.07 Å². The molecular weight excluding hydrogens is 440 g/mol. The van der Waals surface area contributed by atoms with Crippen molar-refractivity contribution in [2.24, 2.45) is 0 Å². The molecule has 3 aromatic heterocycles. The van der Waals surface area contributed by atoms with Crippen molar-refractivity contribution in [1.82, 2.24) is 19.5 Å². The van der Waals surface area contributed by atoms with Crippen LogP contribution in [0.2, 0.25) is 0 Å². The van der Waals surface area contributed by atoms with E-state index in [1.165, 1.54) is 41.2 Å². The first-order valence-corrected chi connectivity index (χ1v) is 9.73. The highest BCUT2D eigenvalue weighted by Gasteiger charge is 2.32. The largest absolute Gasteiger partial charge is 0.417 e. The molecule has 0 saturated carbocycles. The fourth-order valence-electron chi connectivity index (χ4n) is 3.28. The second-order valence-corrected chi connectivity index (χ2v) is 7.50. The van der Waals surface area contributed by atoms with Gasteiger partial charge in [-0.3, -0.25) is 4.79 Å². The predicted molar refractivity (Wildman–Crippen MR) is 115 cm³/mol. The summed E-state index contributed by atoms with van der Waals surface area (Å²) in [4.78, 5) is 26.9. The van der Waals surface area contributed by atoms with Crippen LogP contribution in [0.4, 0.5) is 29.2 Å². The Morgan fingerprint density at radius 2 is 1.79 bits per heavy atom. The standard InChI is InChI=1S/C22H18F4N6O/c1-31(2)21-28-10-17(11-29-21)30-20(33)18-8-14-7-15(22(24,25)26)9-27-19(14)32(18)12-13-4-3-5-16(23)6-13/h3-11H,12H2,1-2H3,(H,30,33). The van der Waals surface area contributed by atoms with Gasteiger partial charge in [0.1, 0.15) is 17.2 Å². The molecule has 170 valence electrons. The average Bonchev–Trinajstić information content (AvgIpc) is 3.11. The van der Waals surface area contributed by atoms with Gasteiger partial charge in [-0.05, 0) is 29.8 Å². The molecule has 0 aliphatic rings. The molecule has 7 nitrogen and oxygen atoms in total. The Labute approximate surface area is 185 Å². The van der Waals surface area contributed by atoms with Crippen molar-refractivity contribution in [2.45, 2.75) is 12.7 Å². The number of carbonyl (C=O) groups is 1. The summed E-state index contributed by atoms with van der Waals surface area (Å²) in [6, 6.07) is 7.96. The first-order valence-electron chi connectivity index (χ1n) is 9.73. The predicted octanol–water partition coefficient (Wildman–Crippen LogP) is 4.35.